The van der Waals surface area contributed by atoms with E-state index in [-0.39, 0.29) is 24.5 Å². The largest absolute Gasteiger partial charge is 0.329 e. The zero-order valence-corrected chi connectivity index (χ0v) is 8.20. The summed E-state index contributed by atoms with van der Waals surface area (Å²) in [6.07, 6.45) is 0. The first-order valence-electron chi connectivity index (χ1n) is 4.27. The molecule has 1 saturated heterocycles. The summed E-state index contributed by atoms with van der Waals surface area (Å²) in [5, 5.41) is 2.49. The number of amides is 3. The highest BCUT2D eigenvalue weighted by Crippen LogP contribution is 2.05. The maximum absolute atomic E-state index is 11.2. The van der Waals surface area contributed by atoms with Crippen LogP contribution in [0.3, 0.4) is 0 Å². The van der Waals surface area contributed by atoms with Gasteiger partial charge in [0.2, 0.25) is 5.91 Å². The Bertz CT molecular complexity index is 211. The molecule has 1 aliphatic heterocycles. The molecule has 0 bridgehead atoms. The zero-order valence-electron chi connectivity index (χ0n) is 8.20. The fourth-order valence-electron chi connectivity index (χ4n) is 1.49. The van der Waals surface area contributed by atoms with Crippen LogP contribution in [0.5, 0.6) is 0 Å². The quantitative estimate of drug-likeness (QED) is 0.602. The van der Waals surface area contributed by atoms with Gasteiger partial charge in [-0.05, 0) is 21.0 Å². The van der Waals surface area contributed by atoms with Gasteiger partial charge in [0.25, 0.3) is 0 Å². The second-order valence-electron chi connectivity index (χ2n) is 3.53. The van der Waals surface area contributed by atoms with Crippen molar-refractivity contribution in [2.75, 3.05) is 27.2 Å². The van der Waals surface area contributed by atoms with Gasteiger partial charge in [-0.2, -0.15) is 0 Å². The molecule has 0 radical (unpaired) electrons. The standard InChI is InChI=1S/C8H15N3O2/c1-6(5-10(2)3)11-7(12)4-9-8(11)13/h6H,4-5H2,1-3H3,(H,9,13). The lowest BCUT2D eigenvalue weighted by molar-refractivity contribution is -0.126. The van der Waals surface area contributed by atoms with E-state index in [9.17, 15) is 9.59 Å². The summed E-state index contributed by atoms with van der Waals surface area (Å²) in [6, 6.07) is -0.343. The predicted octanol–water partition coefficient (Wildman–Crippen LogP) is -0.512. The Morgan fingerprint density at radius 3 is 2.54 bits per heavy atom. The first kappa shape index (κ1) is 9.98. The number of imide groups is 1. The highest BCUT2D eigenvalue weighted by atomic mass is 16.2. The molecular formula is C8H15N3O2. The van der Waals surface area contributed by atoms with E-state index < -0.39 is 0 Å². The highest BCUT2D eigenvalue weighted by Gasteiger charge is 2.32. The second kappa shape index (κ2) is 3.74. The molecule has 13 heavy (non-hydrogen) atoms. The summed E-state index contributed by atoms with van der Waals surface area (Å²) >= 11 is 0. The van der Waals surface area contributed by atoms with E-state index in [0.29, 0.717) is 6.54 Å². The van der Waals surface area contributed by atoms with E-state index in [1.54, 1.807) is 0 Å². The van der Waals surface area contributed by atoms with Gasteiger partial charge in [-0.3, -0.25) is 9.69 Å². The molecule has 0 aromatic heterocycles. The van der Waals surface area contributed by atoms with Crippen LogP contribution in [0.4, 0.5) is 4.79 Å². The van der Waals surface area contributed by atoms with Crippen molar-refractivity contribution in [2.24, 2.45) is 0 Å². The van der Waals surface area contributed by atoms with Crippen molar-refractivity contribution < 1.29 is 9.59 Å². The average Bonchev–Trinajstić information content (AvgIpc) is 2.29. The Balaban J connectivity index is 2.59. The molecule has 0 aromatic carbocycles. The Morgan fingerprint density at radius 2 is 2.15 bits per heavy atom. The van der Waals surface area contributed by atoms with Crippen molar-refractivity contribution in [1.29, 1.82) is 0 Å². The van der Waals surface area contributed by atoms with Crippen LogP contribution in [0.25, 0.3) is 0 Å². The molecule has 0 aromatic rings. The minimum absolute atomic E-state index is 0.0648. The molecule has 1 aliphatic rings. The second-order valence-corrected chi connectivity index (χ2v) is 3.53. The summed E-state index contributed by atoms with van der Waals surface area (Å²) in [6.45, 7) is 2.69. The topological polar surface area (TPSA) is 52.6 Å². The number of carbonyl (C=O) groups excluding carboxylic acids is 2. The van der Waals surface area contributed by atoms with Crippen LogP contribution >= 0.6 is 0 Å². The summed E-state index contributed by atoms with van der Waals surface area (Å²) in [4.78, 5) is 25.6. The van der Waals surface area contributed by atoms with Gasteiger partial charge < -0.3 is 10.2 Å². The van der Waals surface area contributed by atoms with Crippen molar-refractivity contribution >= 4 is 11.9 Å². The van der Waals surface area contributed by atoms with E-state index in [2.05, 4.69) is 5.32 Å². The fraction of sp³-hybridized carbons (Fsp3) is 0.750. The van der Waals surface area contributed by atoms with Gasteiger partial charge in [-0.1, -0.05) is 0 Å². The smallest absolute Gasteiger partial charge is 0.324 e. The van der Waals surface area contributed by atoms with E-state index in [0.717, 1.165) is 0 Å². The van der Waals surface area contributed by atoms with Crippen LogP contribution in [-0.4, -0.2) is 55.0 Å². The van der Waals surface area contributed by atoms with Gasteiger partial charge in [-0.25, -0.2) is 4.79 Å². The Morgan fingerprint density at radius 1 is 1.54 bits per heavy atom. The molecule has 3 amide bonds. The van der Waals surface area contributed by atoms with E-state index in [1.807, 2.05) is 25.9 Å². The van der Waals surface area contributed by atoms with Crippen LogP contribution in [0, 0.1) is 0 Å². The van der Waals surface area contributed by atoms with Crippen molar-refractivity contribution in [2.45, 2.75) is 13.0 Å². The third-order valence-corrected chi connectivity index (χ3v) is 1.95. The highest BCUT2D eigenvalue weighted by molar-refractivity contribution is 6.02. The van der Waals surface area contributed by atoms with Gasteiger partial charge in [0.15, 0.2) is 0 Å². The molecule has 5 nitrogen and oxygen atoms in total. The fourth-order valence-corrected chi connectivity index (χ4v) is 1.49. The summed E-state index contributed by atoms with van der Waals surface area (Å²) in [5.74, 6) is -0.139. The van der Waals surface area contributed by atoms with Gasteiger partial charge >= 0.3 is 6.03 Å². The molecule has 1 rings (SSSR count). The number of likely N-dealkylation sites (N-methyl/N-ethyl adjacent to an activating group) is 1. The van der Waals surface area contributed by atoms with Crippen molar-refractivity contribution in [3.05, 3.63) is 0 Å². The Hall–Kier alpha value is -1.10. The lowest BCUT2D eigenvalue weighted by Gasteiger charge is -2.24. The van der Waals surface area contributed by atoms with Gasteiger partial charge in [-0.15, -0.1) is 0 Å². The van der Waals surface area contributed by atoms with E-state index >= 15 is 0 Å². The van der Waals surface area contributed by atoms with Gasteiger partial charge in [0.05, 0.1) is 12.6 Å². The predicted molar refractivity (Wildman–Crippen MR) is 48.3 cm³/mol. The molecule has 0 spiro atoms. The molecular weight excluding hydrogens is 170 g/mol. The average molecular weight is 185 g/mol. The van der Waals surface area contributed by atoms with Crippen molar-refractivity contribution in [1.82, 2.24) is 15.1 Å². The normalized spacial score (nSPS) is 19.5. The number of nitrogens with one attached hydrogen (secondary N) is 1. The number of urea groups is 1. The minimum Gasteiger partial charge on any atom is -0.329 e. The van der Waals surface area contributed by atoms with Crippen molar-refractivity contribution in [3.63, 3.8) is 0 Å². The summed E-state index contributed by atoms with van der Waals surface area (Å²) in [7, 11) is 3.82. The summed E-state index contributed by atoms with van der Waals surface area (Å²) < 4.78 is 0. The molecule has 0 saturated carbocycles. The van der Waals surface area contributed by atoms with Crippen LogP contribution in [-0.2, 0) is 4.79 Å². The summed E-state index contributed by atoms with van der Waals surface area (Å²) in [5.41, 5.74) is 0. The van der Waals surface area contributed by atoms with Crippen LogP contribution in [0.2, 0.25) is 0 Å². The maximum Gasteiger partial charge on any atom is 0.324 e. The maximum atomic E-state index is 11.2. The van der Waals surface area contributed by atoms with Gasteiger partial charge in [0.1, 0.15) is 0 Å². The number of nitrogens with zero attached hydrogens (tertiary/aromatic N) is 2. The molecule has 1 unspecified atom stereocenters. The first-order chi connectivity index (χ1) is 6.02. The number of hydrogen-bond acceptors (Lipinski definition) is 3. The minimum atomic E-state index is -0.278. The SMILES string of the molecule is CC(CN(C)C)N1C(=O)CNC1=O. The lowest BCUT2D eigenvalue weighted by atomic mass is 10.3. The lowest BCUT2D eigenvalue weighted by Crippen LogP contribution is -2.44. The molecule has 5 heteroatoms. The Kier molecular flexibility index (Phi) is 2.87. The molecule has 0 aliphatic carbocycles. The third kappa shape index (κ3) is 2.18. The molecule has 74 valence electrons. The van der Waals surface area contributed by atoms with Crippen LogP contribution in [0.1, 0.15) is 6.92 Å². The molecule has 1 N–H and O–H groups in total. The molecule has 1 heterocycles. The Labute approximate surface area is 77.7 Å². The monoisotopic (exact) mass is 185 g/mol. The number of hydrogen-bond donors (Lipinski definition) is 1. The van der Waals surface area contributed by atoms with Crippen molar-refractivity contribution in [3.8, 4) is 0 Å². The number of rotatable bonds is 3. The van der Waals surface area contributed by atoms with E-state index in [4.69, 9.17) is 0 Å². The third-order valence-electron chi connectivity index (χ3n) is 1.95. The zero-order chi connectivity index (χ0) is 10.0. The number of carbonyl (C=O) groups is 2. The van der Waals surface area contributed by atoms with Crippen LogP contribution < -0.4 is 5.32 Å². The van der Waals surface area contributed by atoms with Gasteiger partial charge in [0, 0.05) is 6.54 Å². The first-order valence-corrected chi connectivity index (χ1v) is 4.27. The molecule has 1 atom stereocenters. The van der Waals surface area contributed by atoms with Crippen LogP contribution in [0.15, 0.2) is 0 Å². The molecule has 1 fully saturated rings. The van der Waals surface area contributed by atoms with E-state index in [1.165, 1.54) is 4.90 Å².